The van der Waals surface area contributed by atoms with Crippen molar-refractivity contribution in [2.75, 3.05) is 32.6 Å². The first-order valence-corrected chi connectivity index (χ1v) is 10.4. The number of anilines is 2. The topological polar surface area (TPSA) is 114 Å². The molecule has 5 N–H and O–H groups in total. The smallest absolute Gasteiger partial charge is 0.224 e. The van der Waals surface area contributed by atoms with Crippen LogP contribution in [0.5, 0.6) is 5.75 Å². The molecule has 31 heavy (non-hydrogen) atoms. The van der Waals surface area contributed by atoms with E-state index in [-0.39, 0.29) is 23.8 Å². The van der Waals surface area contributed by atoms with Crippen molar-refractivity contribution in [2.45, 2.75) is 12.5 Å². The third kappa shape index (κ3) is 4.30. The summed E-state index contributed by atoms with van der Waals surface area (Å²) in [6, 6.07) is 13.2. The molecule has 1 amide bonds. The molecule has 1 aromatic heterocycles. The van der Waals surface area contributed by atoms with Gasteiger partial charge in [0, 0.05) is 36.8 Å². The minimum Gasteiger partial charge on any atom is -0.497 e. The van der Waals surface area contributed by atoms with Crippen LogP contribution in [0.2, 0.25) is 0 Å². The molecule has 0 saturated carbocycles. The second-order valence-corrected chi connectivity index (χ2v) is 7.72. The number of nitrogens with two attached hydrogens (primary N) is 1. The lowest BCUT2D eigenvalue weighted by Gasteiger charge is -2.35. The normalized spacial score (nSPS) is 19.6. The number of hydrogen-bond donors (Lipinski definition) is 4. The third-order valence-electron chi connectivity index (χ3n) is 5.97. The van der Waals surface area contributed by atoms with Gasteiger partial charge in [-0.25, -0.2) is 9.97 Å². The van der Waals surface area contributed by atoms with E-state index in [0.717, 1.165) is 40.9 Å². The number of aromatic nitrogens is 2. The van der Waals surface area contributed by atoms with Gasteiger partial charge >= 0.3 is 0 Å². The molecule has 0 bridgehead atoms. The fourth-order valence-corrected chi connectivity index (χ4v) is 4.36. The molecule has 0 spiro atoms. The molecule has 8 heteroatoms. The zero-order chi connectivity index (χ0) is 21.8. The van der Waals surface area contributed by atoms with Crippen LogP contribution >= 0.6 is 0 Å². The first-order valence-electron chi connectivity index (χ1n) is 10.4. The minimum absolute atomic E-state index is 0.0108. The standard InChI is InChI=1S/C23H28N6O2/c1-25-23(30)18-12-26-10-9-16(18)21(24)17-7-4-8-19-20(17)22(28-13-27-19)29-14-5-3-6-15(11-14)31-2/h3-8,11,13,16,18,21,26H,9-10,12,24H2,1-2H3,(H,25,30)(H,27,28,29)/t16-,18+,21?/m1/s1. The van der Waals surface area contributed by atoms with Crippen molar-refractivity contribution in [3.8, 4) is 5.75 Å². The Bertz CT molecular complexity index is 1070. The Morgan fingerprint density at radius 2 is 2.10 bits per heavy atom. The molecular formula is C23H28N6O2. The van der Waals surface area contributed by atoms with Crippen LogP contribution in [-0.2, 0) is 4.79 Å². The number of benzene rings is 2. The number of hydrogen-bond acceptors (Lipinski definition) is 7. The van der Waals surface area contributed by atoms with Crippen LogP contribution in [0.3, 0.4) is 0 Å². The van der Waals surface area contributed by atoms with Crippen LogP contribution in [0.1, 0.15) is 18.0 Å². The van der Waals surface area contributed by atoms with Gasteiger partial charge in [0.25, 0.3) is 0 Å². The molecule has 1 fully saturated rings. The highest BCUT2D eigenvalue weighted by molar-refractivity contribution is 5.94. The van der Waals surface area contributed by atoms with E-state index < -0.39 is 0 Å². The predicted octanol–water partition coefficient (Wildman–Crippen LogP) is 2.35. The summed E-state index contributed by atoms with van der Waals surface area (Å²) in [7, 11) is 3.31. The van der Waals surface area contributed by atoms with Crippen LogP contribution in [0.15, 0.2) is 48.8 Å². The van der Waals surface area contributed by atoms with Crippen molar-refractivity contribution in [2.24, 2.45) is 17.6 Å². The van der Waals surface area contributed by atoms with Crippen LogP contribution in [0.4, 0.5) is 11.5 Å². The first-order chi connectivity index (χ1) is 15.1. The summed E-state index contributed by atoms with van der Waals surface area (Å²) in [5.74, 6) is 1.26. The van der Waals surface area contributed by atoms with Gasteiger partial charge in [-0.3, -0.25) is 4.79 Å². The monoisotopic (exact) mass is 420 g/mol. The molecule has 3 atom stereocenters. The molecule has 0 aliphatic carbocycles. The molecule has 162 valence electrons. The van der Waals surface area contributed by atoms with Crippen LogP contribution in [0.25, 0.3) is 10.9 Å². The van der Waals surface area contributed by atoms with Crippen molar-refractivity contribution in [3.05, 3.63) is 54.4 Å². The molecule has 1 saturated heterocycles. The molecule has 0 radical (unpaired) electrons. The maximum atomic E-state index is 12.5. The zero-order valence-electron chi connectivity index (χ0n) is 17.8. The van der Waals surface area contributed by atoms with Crippen molar-refractivity contribution < 1.29 is 9.53 Å². The Hall–Kier alpha value is -3.23. The van der Waals surface area contributed by atoms with Crippen molar-refractivity contribution >= 4 is 28.3 Å². The fourth-order valence-electron chi connectivity index (χ4n) is 4.36. The highest BCUT2D eigenvalue weighted by Gasteiger charge is 2.35. The molecular weight excluding hydrogens is 392 g/mol. The van der Waals surface area contributed by atoms with Gasteiger partial charge in [0.2, 0.25) is 5.91 Å². The molecule has 4 rings (SSSR count). The highest BCUT2D eigenvalue weighted by atomic mass is 16.5. The van der Waals surface area contributed by atoms with E-state index in [9.17, 15) is 4.79 Å². The summed E-state index contributed by atoms with van der Waals surface area (Å²) in [4.78, 5) is 21.4. The van der Waals surface area contributed by atoms with Gasteiger partial charge in [0.15, 0.2) is 0 Å². The number of fused-ring (bicyclic) bond motifs is 1. The third-order valence-corrected chi connectivity index (χ3v) is 5.97. The van der Waals surface area contributed by atoms with E-state index in [2.05, 4.69) is 25.9 Å². The Morgan fingerprint density at radius 1 is 1.26 bits per heavy atom. The molecule has 3 aromatic rings. The lowest BCUT2D eigenvalue weighted by atomic mass is 9.77. The summed E-state index contributed by atoms with van der Waals surface area (Å²) in [5, 5.41) is 10.3. The van der Waals surface area contributed by atoms with E-state index in [4.69, 9.17) is 10.5 Å². The number of nitrogens with one attached hydrogen (secondary N) is 3. The minimum atomic E-state index is -0.329. The SMILES string of the molecule is CNC(=O)[C@H]1CNCC[C@H]1C(N)c1cccc2ncnc(Nc3cccc(OC)c3)c12. The number of rotatable bonds is 6. The lowest BCUT2D eigenvalue weighted by molar-refractivity contribution is -0.127. The van der Waals surface area contributed by atoms with Gasteiger partial charge < -0.3 is 26.4 Å². The van der Waals surface area contributed by atoms with Crippen LogP contribution in [0, 0.1) is 11.8 Å². The van der Waals surface area contributed by atoms with Crippen molar-refractivity contribution in [1.82, 2.24) is 20.6 Å². The van der Waals surface area contributed by atoms with Gasteiger partial charge in [-0.05, 0) is 42.6 Å². The molecule has 2 aromatic carbocycles. The van der Waals surface area contributed by atoms with Gasteiger partial charge in [-0.2, -0.15) is 0 Å². The number of amides is 1. The predicted molar refractivity (Wildman–Crippen MR) is 121 cm³/mol. The van der Waals surface area contributed by atoms with E-state index in [1.54, 1.807) is 14.2 Å². The second-order valence-electron chi connectivity index (χ2n) is 7.72. The van der Waals surface area contributed by atoms with E-state index >= 15 is 0 Å². The first kappa shape index (κ1) is 21.0. The number of carbonyl (C=O) groups excluding carboxylic acids is 1. The Morgan fingerprint density at radius 3 is 2.90 bits per heavy atom. The van der Waals surface area contributed by atoms with E-state index in [1.165, 1.54) is 6.33 Å². The summed E-state index contributed by atoms with van der Waals surface area (Å²) in [5.41, 5.74) is 9.41. The van der Waals surface area contributed by atoms with E-state index in [1.807, 2.05) is 42.5 Å². The van der Waals surface area contributed by atoms with Crippen molar-refractivity contribution in [1.29, 1.82) is 0 Å². The number of ether oxygens (including phenoxy) is 1. The van der Waals surface area contributed by atoms with Gasteiger partial charge in [-0.1, -0.05) is 18.2 Å². The summed E-state index contributed by atoms with van der Waals surface area (Å²) < 4.78 is 5.33. The highest BCUT2D eigenvalue weighted by Crippen LogP contribution is 2.37. The van der Waals surface area contributed by atoms with Crippen molar-refractivity contribution in [3.63, 3.8) is 0 Å². The Kier molecular flexibility index (Phi) is 6.29. The average molecular weight is 421 g/mol. The van der Waals surface area contributed by atoms with E-state index in [0.29, 0.717) is 12.4 Å². The lowest BCUT2D eigenvalue weighted by Crippen LogP contribution is -2.48. The largest absolute Gasteiger partial charge is 0.497 e. The average Bonchev–Trinajstić information content (AvgIpc) is 2.83. The van der Waals surface area contributed by atoms with Gasteiger partial charge in [0.1, 0.15) is 17.9 Å². The number of carbonyl (C=O) groups is 1. The maximum absolute atomic E-state index is 12.5. The molecule has 1 unspecified atom stereocenters. The Labute approximate surface area is 181 Å². The molecule has 1 aliphatic rings. The Balaban J connectivity index is 1.75. The number of nitrogens with zero attached hydrogens (tertiary/aromatic N) is 2. The number of methoxy groups -OCH3 is 1. The summed E-state index contributed by atoms with van der Waals surface area (Å²) in [6.07, 6.45) is 2.36. The van der Waals surface area contributed by atoms with Crippen LogP contribution in [-0.4, -0.2) is 43.1 Å². The molecule has 8 nitrogen and oxygen atoms in total. The number of piperidine rings is 1. The summed E-state index contributed by atoms with van der Waals surface area (Å²) in [6.45, 7) is 1.45. The summed E-state index contributed by atoms with van der Waals surface area (Å²) >= 11 is 0. The van der Waals surface area contributed by atoms with Crippen LogP contribution < -0.4 is 26.4 Å². The molecule has 1 aliphatic heterocycles. The maximum Gasteiger partial charge on any atom is 0.224 e. The van der Waals surface area contributed by atoms with Gasteiger partial charge in [0.05, 0.1) is 18.5 Å². The quantitative estimate of drug-likeness (QED) is 0.484. The fraction of sp³-hybridized carbons (Fsp3) is 0.348. The molecule has 2 heterocycles. The second kappa shape index (κ2) is 9.28. The van der Waals surface area contributed by atoms with Gasteiger partial charge in [-0.15, -0.1) is 0 Å². The zero-order valence-corrected chi connectivity index (χ0v) is 17.8.